The average molecular weight is 437 g/mol. The number of nitrogens with zero attached hydrogens (tertiary/aromatic N) is 2. The molecule has 2 aromatic carbocycles. The van der Waals surface area contributed by atoms with E-state index in [1.165, 1.54) is 4.90 Å². The van der Waals surface area contributed by atoms with Gasteiger partial charge in [-0.3, -0.25) is 14.4 Å². The van der Waals surface area contributed by atoms with E-state index in [9.17, 15) is 14.4 Å². The topological polar surface area (TPSA) is 88.2 Å². The van der Waals surface area contributed by atoms with E-state index in [4.69, 9.17) is 9.47 Å². The summed E-state index contributed by atoms with van der Waals surface area (Å²) in [7, 11) is 3.16. The van der Waals surface area contributed by atoms with E-state index in [0.717, 1.165) is 12.0 Å². The van der Waals surface area contributed by atoms with Gasteiger partial charge in [0.2, 0.25) is 11.8 Å². The van der Waals surface area contributed by atoms with Gasteiger partial charge in [0.05, 0.1) is 25.5 Å². The molecule has 32 heavy (non-hydrogen) atoms. The normalized spacial score (nSPS) is 17.5. The van der Waals surface area contributed by atoms with Crippen LogP contribution in [0.25, 0.3) is 0 Å². The number of hydrogen-bond donors (Lipinski definition) is 1. The van der Waals surface area contributed by atoms with Crippen LogP contribution in [-0.4, -0.2) is 62.5 Å². The fourth-order valence-electron chi connectivity index (χ4n) is 4.35. The number of fused-ring (bicyclic) bond motifs is 2. The quantitative estimate of drug-likeness (QED) is 0.716. The van der Waals surface area contributed by atoms with Crippen molar-refractivity contribution in [2.45, 2.75) is 25.3 Å². The van der Waals surface area contributed by atoms with E-state index >= 15 is 0 Å². The van der Waals surface area contributed by atoms with Crippen LogP contribution in [0.5, 0.6) is 11.5 Å². The molecular formula is C24H27N3O5. The lowest BCUT2D eigenvalue weighted by molar-refractivity contribution is -0.125. The maximum absolute atomic E-state index is 13.2. The van der Waals surface area contributed by atoms with Crippen molar-refractivity contribution >= 4 is 23.4 Å². The first-order chi connectivity index (χ1) is 15.5. The molecule has 1 saturated heterocycles. The van der Waals surface area contributed by atoms with Crippen molar-refractivity contribution < 1.29 is 23.9 Å². The van der Waals surface area contributed by atoms with Crippen molar-refractivity contribution in [2.75, 3.05) is 38.8 Å². The maximum atomic E-state index is 13.2. The van der Waals surface area contributed by atoms with Crippen molar-refractivity contribution in [3.63, 3.8) is 0 Å². The molecule has 1 fully saturated rings. The number of anilines is 1. The van der Waals surface area contributed by atoms with E-state index in [1.807, 2.05) is 18.2 Å². The summed E-state index contributed by atoms with van der Waals surface area (Å²) in [6, 6.07) is 12.1. The minimum Gasteiger partial charge on any atom is -0.493 e. The van der Waals surface area contributed by atoms with Crippen molar-refractivity contribution in [3.8, 4) is 11.5 Å². The van der Waals surface area contributed by atoms with Gasteiger partial charge in [-0.1, -0.05) is 18.2 Å². The van der Waals surface area contributed by atoms with Gasteiger partial charge in [-0.05, 0) is 49.1 Å². The molecular weight excluding hydrogens is 410 g/mol. The highest BCUT2D eigenvalue weighted by atomic mass is 16.5. The number of benzene rings is 2. The smallest absolute Gasteiger partial charge is 0.256 e. The van der Waals surface area contributed by atoms with Crippen LogP contribution in [0, 0.1) is 0 Å². The van der Waals surface area contributed by atoms with Gasteiger partial charge in [-0.15, -0.1) is 0 Å². The Kier molecular flexibility index (Phi) is 6.30. The van der Waals surface area contributed by atoms with Crippen molar-refractivity contribution in [2.24, 2.45) is 0 Å². The number of ether oxygens (including phenoxy) is 2. The molecule has 0 saturated carbocycles. The second-order valence-corrected chi connectivity index (χ2v) is 7.89. The minimum absolute atomic E-state index is 0.126. The average Bonchev–Trinajstić information content (AvgIpc) is 3.29. The number of hydrogen-bond acceptors (Lipinski definition) is 5. The number of para-hydroxylation sites is 1. The maximum Gasteiger partial charge on any atom is 0.256 e. The summed E-state index contributed by atoms with van der Waals surface area (Å²) in [4.78, 5) is 42.0. The number of rotatable bonds is 7. The van der Waals surface area contributed by atoms with Gasteiger partial charge in [-0.2, -0.15) is 0 Å². The number of methoxy groups -OCH3 is 2. The highest BCUT2D eigenvalue weighted by molar-refractivity contribution is 6.12. The van der Waals surface area contributed by atoms with Crippen LogP contribution in [0.4, 0.5) is 5.69 Å². The molecule has 2 aliphatic rings. The second kappa shape index (κ2) is 9.30. The fraction of sp³-hybridized carbons (Fsp3) is 0.375. The molecule has 1 N–H and O–H groups in total. The molecule has 8 nitrogen and oxygen atoms in total. The molecule has 0 spiro atoms. The van der Waals surface area contributed by atoms with E-state index in [2.05, 4.69) is 5.32 Å². The van der Waals surface area contributed by atoms with Gasteiger partial charge in [0.1, 0.15) is 12.6 Å². The Hall–Kier alpha value is -3.55. The Labute approximate surface area is 187 Å². The van der Waals surface area contributed by atoms with Crippen molar-refractivity contribution in [3.05, 3.63) is 53.6 Å². The Balaban J connectivity index is 1.44. The van der Waals surface area contributed by atoms with Crippen LogP contribution >= 0.6 is 0 Å². The zero-order chi connectivity index (χ0) is 22.7. The first kappa shape index (κ1) is 21.7. The van der Waals surface area contributed by atoms with E-state index in [1.54, 1.807) is 43.4 Å². The minimum atomic E-state index is -0.505. The molecule has 168 valence electrons. The van der Waals surface area contributed by atoms with Crippen LogP contribution in [0.1, 0.15) is 28.8 Å². The van der Waals surface area contributed by atoms with Crippen LogP contribution < -0.4 is 19.7 Å². The molecule has 2 heterocycles. The van der Waals surface area contributed by atoms with Gasteiger partial charge >= 0.3 is 0 Å². The summed E-state index contributed by atoms with van der Waals surface area (Å²) in [6.07, 6.45) is 2.01. The van der Waals surface area contributed by atoms with Crippen molar-refractivity contribution in [1.29, 1.82) is 0 Å². The first-order valence-corrected chi connectivity index (χ1v) is 10.7. The summed E-state index contributed by atoms with van der Waals surface area (Å²) in [5.41, 5.74) is 1.95. The molecule has 0 radical (unpaired) electrons. The van der Waals surface area contributed by atoms with E-state index < -0.39 is 6.04 Å². The summed E-state index contributed by atoms with van der Waals surface area (Å²) in [5.74, 6) is 0.666. The molecule has 2 aromatic rings. The lowest BCUT2D eigenvalue weighted by Gasteiger charge is -2.25. The third-order valence-electron chi connectivity index (χ3n) is 5.98. The second-order valence-electron chi connectivity index (χ2n) is 7.89. The van der Waals surface area contributed by atoms with Crippen LogP contribution in [0.2, 0.25) is 0 Å². The summed E-state index contributed by atoms with van der Waals surface area (Å²) in [5, 5.41) is 2.88. The van der Waals surface area contributed by atoms with Crippen molar-refractivity contribution in [1.82, 2.24) is 10.2 Å². The van der Waals surface area contributed by atoms with Gasteiger partial charge in [0.25, 0.3) is 5.91 Å². The number of nitrogens with one attached hydrogen (secondary N) is 1. The van der Waals surface area contributed by atoms with Gasteiger partial charge in [0, 0.05) is 13.1 Å². The highest BCUT2D eigenvalue weighted by Crippen LogP contribution is 2.32. The lowest BCUT2D eigenvalue weighted by Crippen LogP contribution is -2.48. The van der Waals surface area contributed by atoms with E-state index in [0.29, 0.717) is 48.7 Å². The largest absolute Gasteiger partial charge is 0.493 e. The summed E-state index contributed by atoms with van der Waals surface area (Å²) in [6.45, 7) is 0.848. The summed E-state index contributed by atoms with van der Waals surface area (Å²) >= 11 is 0. The van der Waals surface area contributed by atoms with Crippen LogP contribution in [0.3, 0.4) is 0 Å². The number of carbonyl (C=O) groups is 3. The van der Waals surface area contributed by atoms with E-state index in [-0.39, 0.29) is 24.3 Å². The molecule has 8 heteroatoms. The Morgan fingerprint density at radius 2 is 1.88 bits per heavy atom. The first-order valence-electron chi connectivity index (χ1n) is 10.7. The monoisotopic (exact) mass is 437 g/mol. The van der Waals surface area contributed by atoms with Gasteiger partial charge in [0.15, 0.2) is 11.5 Å². The number of carbonyl (C=O) groups excluding carboxylic acids is 3. The molecule has 0 aromatic heterocycles. The molecule has 1 atom stereocenters. The predicted octanol–water partition coefficient (Wildman–Crippen LogP) is 2.01. The lowest BCUT2D eigenvalue weighted by atomic mass is 10.1. The fourth-order valence-corrected chi connectivity index (χ4v) is 4.35. The standard InChI is InChI=1S/C24H27N3O5/c1-31-20-10-9-16(14-21(20)32-2)11-12-25-22(28)15-27-18-7-4-3-6-17(18)23(29)26-13-5-8-19(26)24(27)30/h3-4,6-7,9-10,14,19H,5,8,11-13,15H2,1-2H3,(H,25,28)/t19-/m0/s1. The molecule has 0 bridgehead atoms. The van der Waals surface area contributed by atoms with Gasteiger partial charge in [-0.25, -0.2) is 0 Å². The van der Waals surface area contributed by atoms with Crippen LogP contribution in [0.15, 0.2) is 42.5 Å². The zero-order valence-corrected chi connectivity index (χ0v) is 18.3. The Morgan fingerprint density at radius 3 is 2.66 bits per heavy atom. The SMILES string of the molecule is COc1ccc(CCNC(=O)CN2C(=O)[C@@H]3CCCN3C(=O)c3ccccc32)cc1OC. The molecule has 2 aliphatic heterocycles. The molecule has 4 rings (SSSR count). The van der Waals surface area contributed by atoms with Gasteiger partial charge < -0.3 is 24.6 Å². The molecule has 3 amide bonds. The Bertz CT molecular complexity index is 1040. The summed E-state index contributed by atoms with van der Waals surface area (Å²) < 4.78 is 10.6. The Morgan fingerprint density at radius 1 is 1.09 bits per heavy atom. The highest BCUT2D eigenvalue weighted by Gasteiger charge is 2.42. The van der Waals surface area contributed by atoms with Crippen LogP contribution in [-0.2, 0) is 16.0 Å². The third-order valence-corrected chi connectivity index (χ3v) is 5.98. The third kappa shape index (κ3) is 4.12. The zero-order valence-electron chi connectivity index (χ0n) is 18.3. The predicted molar refractivity (Wildman–Crippen MR) is 119 cm³/mol. The molecule has 0 unspecified atom stereocenters. The molecule has 0 aliphatic carbocycles. The number of amides is 3.